The molecule has 0 aromatic rings. The molecule has 0 aliphatic rings. The molecule has 0 rings (SSSR count). The van der Waals surface area contributed by atoms with Crippen LogP contribution in [-0.2, 0) is 14.4 Å². The Morgan fingerprint density at radius 3 is 2.28 bits per heavy atom. The maximum absolute atomic E-state index is 11.4. The van der Waals surface area contributed by atoms with Crippen molar-refractivity contribution in [3.63, 3.8) is 0 Å². The Labute approximate surface area is 107 Å². The molecule has 0 aliphatic carbocycles. The smallest absolute Gasteiger partial charge is 0.331 e. The van der Waals surface area contributed by atoms with E-state index in [0.29, 0.717) is 12.8 Å². The summed E-state index contributed by atoms with van der Waals surface area (Å²) in [6.45, 7) is 10.3. The molecule has 0 saturated heterocycles. The van der Waals surface area contributed by atoms with Gasteiger partial charge < -0.3 is 5.11 Å². The second-order valence-corrected chi connectivity index (χ2v) is 4.58. The van der Waals surface area contributed by atoms with Crippen LogP contribution < -0.4 is 0 Å². The first-order chi connectivity index (χ1) is 8.26. The van der Waals surface area contributed by atoms with Gasteiger partial charge in [0.15, 0.2) is 5.78 Å². The van der Waals surface area contributed by atoms with Crippen LogP contribution in [0.4, 0.5) is 0 Å². The van der Waals surface area contributed by atoms with Crippen molar-refractivity contribution in [2.24, 2.45) is 5.41 Å². The third kappa shape index (κ3) is 4.65. The van der Waals surface area contributed by atoms with Crippen LogP contribution in [0.3, 0.4) is 0 Å². The zero-order valence-electron chi connectivity index (χ0n) is 11.0. The van der Waals surface area contributed by atoms with Crippen molar-refractivity contribution in [1.29, 1.82) is 0 Å². The van der Waals surface area contributed by atoms with Gasteiger partial charge in [0.2, 0.25) is 0 Å². The average Bonchev–Trinajstić information content (AvgIpc) is 2.34. The highest BCUT2D eigenvalue weighted by molar-refractivity contribution is 5.93. The maximum atomic E-state index is 11.4. The van der Waals surface area contributed by atoms with Crippen LogP contribution in [-0.4, -0.2) is 22.6 Å². The highest BCUT2D eigenvalue weighted by atomic mass is 16.4. The summed E-state index contributed by atoms with van der Waals surface area (Å²) >= 11 is 0. The number of hydrogen-bond acceptors (Lipinski definition) is 3. The third-order valence-electron chi connectivity index (χ3n) is 3.13. The van der Waals surface area contributed by atoms with Crippen molar-refractivity contribution in [1.82, 2.24) is 0 Å². The van der Waals surface area contributed by atoms with Crippen LogP contribution in [0, 0.1) is 5.41 Å². The molecule has 100 valence electrons. The molecule has 4 heteroatoms. The molecule has 0 amide bonds. The molecule has 0 aliphatic heterocycles. The molecule has 18 heavy (non-hydrogen) atoms. The number of Topliss-reactive ketones (excluding diaryl/α,β-unsaturated/α-hetero) is 1. The summed E-state index contributed by atoms with van der Waals surface area (Å²) in [5.41, 5.74) is -0.941. The molecule has 0 radical (unpaired) electrons. The van der Waals surface area contributed by atoms with Crippen LogP contribution in [0.5, 0.6) is 0 Å². The third-order valence-corrected chi connectivity index (χ3v) is 3.13. The fourth-order valence-corrected chi connectivity index (χ4v) is 1.65. The minimum Gasteiger partial charge on any atom is -0.478 e. The van der Waals surface area contributed by atoms with Gasteiger partial charge in [-0.2, -0.15) is 0 Å². The Morgan fingerprint density at radius 2 is 1.89 bits per heavy atom. The Hall–Kier alpha value is -1.71. The number of rotatable bonds is 9. The number of ketones is 2. The lowest BCUT2D eigenvalue weighted by Crippen LogP contribution is -2.27. The molecule has 0 aromatic carbocycles. The van der Waals surface area contributed by atoms with Gasteiger partial charge in [0.25, 0.3) is 0 Å². The lowest BCUT2D eigenvalue weighted by Gasteiger charge is -2.28. The van der Waals surface area contributed by atoms with E-state index in [2.05, 4.69) is 13.2 Å². The number of carboxylic acid groups (broad SMARTS) is 1. The summed E-state index contributed by atoms with van der Waals surface area (Å²) in [5.74, 6) is -1.34. The SMILES string of the molecule is C=CC(=O)CC(C)(CCC(=O)CC)C(=C)C(=O)O. The molecule has 0 spiro atoms. The van der Waals surface area contributed by atoms with Crippen molar-refractivity contribution in [2.45, 2.75) is 39.5 Å². The second kappa shape index (κ2) is 6.89. The van der Waals surface area contributed by atoms with Crippen molar-refractivity contribution in [3.8, 4) is 0 Å². The van der Waals surface area contributed by atoms with Gasteiger partial charge in [-0.1, -0.05) is 27.0 Å². The van der Waals surface area contributed by atoms with Crippen LogP contribution in [0.15, 0.2) is 24.8 Å². The molecule has 0 saturated carbocycles. The summed E-state index contributed by atoms with van der Waals surface area (Å²) in [6.07, 6.45) is 2.15. The molecule has 1 unspecified atom stereocenters. The van der Waals surface area contributed by atoms with E-state index in [1.54, 1.807) is 13.8 Å². The first-order valence-corrected chi connectivity index (χ1v) is 5.86. The van der Waals surface area contributed by atoms with Gasteiger partial charge in [-0.05, 0) is 12.5 Å². The van der Waals surface area contributed by atoms with E-state index in [1.807, 2.05) is 0 Å². The van der Waals surface area contributed by atoms with E-state index in [1.165, 1.54) is 0 Å². The minimum atomic E-state index is -1.14. The van der Waals surface area contributed by atoms with Gasteiger partial charge >= 0.3 is 5.97 Å². The van der Waals surface area contributed by atoms with Gasteiger partial charge in [-0.3, -0.25) is 9.59 Å². The Kier molecular flexibility index (Phi) is 6.23. The van der Waals surface area contributed by atoms with Crippen LogP contribution in [0.1, 0.15) is 39.5 Å². The standard InChI is InChI=1S/C14H20O4/c1-5-11(15)7-8-14(4,9-12(16)6-2)10(3)13(17)18/h6H,2-3,5,7-9H2,1,4H3,(H,17,18). The number of carboxylic acids is 1. The lowest BCUT2D eigenvalue weighted by molar-refractivity contribution is -0.134. The number of carbonyl (C=O) groups is 3. The summed E-state index contributed by atoms with van der Waals surface area (Å²) in [4.78, 5) is 33.8. The van der Waals surface area contributed by atoms with Crippen molar-refractivity contribution in [2.75, 3.05) is 0 Å². The predicted octanol–water partition coefficient (Wildman–Crippen LogP) is 2.54. The summed E-state index contributed by atoms with van der Waals surface area (Å²) < 4.78 is 0. The summed E-state index contributed by atoms with van der Waals surface area (Å²) in [6, 6.07) is 0. The maximum Gasteiger partial charge on any atom is 0.331 e. The van der Waals surface area contributed by atoms with E-state index in [4.69, 9.17) is 5.11 Å². The van der Waals surface area contributed by atoms with Gasteiger partial charge in [-0.25, -0.2) is 4.79 Å². The molecule has 0 fully saturated rings. The Bertz CT molecular complexity index is 381. The topological polar surface area (TPSA) is 71.4 Å². The first-order valence-electron chi connectivity index (χ1n) is 5.86. The van der Waals surface area contributed by atoms with E-state index >= 15 is 0 Å². The lowest BCUT2D eigenvalue weighted by atomic mass is 9.74. The first kappa shape index (κ1) is 16.3. The zero-order chi connectivity index (χ0) is 14.3. The number of allylic oxidation sites excluding steroid dienone is 1. The molecule has 0 bridgehead atoms. The Balaban J connectivity index is 4.96. The number of aliphatic carboxylic acids is 1. The van der Waals surface area contributed by atoms with E-state index < -0.39 is 11.4 Å². The molecule has 1 N–H and O–H groups in total. The largest absolute Gasteiger partial charge is 0.478 e. The quantitative estimate of drug-likeness (QED) is 0.640. The van der Waals surface area contributed by atoms with Crippen molar-refractivity contribution < 1.29 is 19.5 Å². The molecular formula is C14H20O4. The fourth-order valence-electron chi connectivity index (χ4n) is 1.65. The molecule has 0 heterocycles. The van der Waals surface area contributed by atoms with Crippen molar-refractivity contribution >= 4 is 17.5 Å². The van der Waals surface area contributed by atoms with Gasteiger partial charge in [0.05, 0.1) is 0 Å². The molecule has 0 aromatic heterocycles. The zero-order valence-corrected chi connectivity index (χ0v) is 11.0. The Morgan fingerprint density at radius 1 is 1.33 bits per heavy atom. The molecular weight excluding hydrogens is 232 g/mol. The van der Waals surface area contributed by atoms with Crippen LogP contribution in [0.25, 0.3) is 0 Å². The van der Waals surface area contributed by atoms with E-state index in [0.717, 1.165) is 6.08 Å². The fraction of sp³-hybridized carbons (Fsp3) is 0.500. The summed E-state index contributed by atoms with van der Waals surface area (Å²) in [5, 5.41) is 9.00. The minimum absolute atomic E-state index is 0.0125. The predicted molar refractivity (Wildman–Crippen MR) is 69.2 cm³/mol. The summed E-state index contributed by atoms with van der Waals surface area (Å²) in [7, 11) is 0. The van der Waals surface area contributed by atoms with E-state index in [9.17, 15) is 14.4 Å². The van der Waals surface area contributed by atoms with Crippen LogP contribution >= 0.6 is 0 Å². The van der Waals surface area contributed by atoms with Gasteiger partial charge in [-0.15, -0.1) is 0 Å². The monoisotopic (exact) mass is 252 g/mol. The van der Waals surface area contributed by atoms with Gasteiger partial charge in [0, 0.05) is 30.3 Å². The van der Waals surface area contributed by atoms with Crippen molar-refractivity contribution in [3.05, 3.63) is 24.8 Å². The normalized spacial score (nSPS) is 13.4. The highest BCUT2D eigenvalue weighted by Gasteiger charge is 2.33. The van der Waals surface area contributed by atoms with Crippen LogP contribution in [0.2, 0.25) is 0 Å². The highest BCUT2D eigenvalue weighted by Crippen LogP contribution is 2.36. The molecule has 4 nitrogen and oxygen atoms in total. The second-order valence-electron chi connectivity index (χ2n) is 4.58. The number of hydrogen-bond donors (Lipinski definition) is 1. The molecule has 1 atom stereocenters. The van der Waals surface area contributed by atoms with E-state index in [-0.39, 0.29) is 30.0 Å². The number of carbonyl (C=O) groups excluding carboxylic acids is 2. The van der Waals surface area contributed by atoms with Gasteiger partial charge in [0.1, 0.15) is 5.78 Å². The average molecular weight is 252 g/mol.